The first-order valence-electron chi connectivity index (χ1n) is 11.8. The van der Waals surface area contributed by atoms with Gasteiger partial charge in [0.2, 0.25) is 0 Å². The van der Waals surface area contributed by atoms with Crippen LogP contribution in [0.2, 0.25) is 0 Å². The van der Waals surface area contributed by atoms with E-state index < -0.39 is 42.9 Å². The Balaban J connectivity index is 1.36. The molecule has 1 unspecified atom stereocenters. The topological polar surface area (TPSA) is 119 Å². The fourth-order valence-electron chi connectivity index (χ4n) is 3.95. The Morgan fingerprint density at radius 2 is 1.58 bits per heavy atom. The molecule has 2 N–H and O–H groups in total. The molecule has 0 saturated heterocycles. The van der Waals surface area contributed by atoms with Crippen molar-refractivity contribution in [3.63, 3.8) is 0 Å². The summed E-state index contributed by atoms with van der Waals surface area (Å²) in [5.74, 6) is -2.70. The van der Waals surface area contributed by atoms with Crippen LogP contribution >= 0.6 is 11.3 Å². The number of aliphatic carboxylic acids is 1. The number of nitrogens with one attached hydrogen (secondary N) is 1. The quantitative estimate of drug-likeness (QED) is 0.262. The van der Waals surface area contributed by atoms with E-state index in [0.29, 0.717) is 0 Å². The molecule has 0 aliphatic rings. The predicted octanol–water partition coefficient (Wildman–Crippen LogP) is 4.99. The van der Waals surface area contributed by atoms with E-state index in [4.69, 9.17) is 14.6 Å². The number of thiophene rings is 1. The minimum atomic E-state index is -1.41. The number of carbonyl (C=O) groups is 4. The highest BCUT2D eigenvalue weighted by Gasteiger charge is 2.25. The van der Waals surface area contributed by atoms with Crippen LogP contribution in [0.3, 0.4) is 0 Å². The van der Waals surface area contributed by atoms with Crippen LogP contribution in [0, 0.1) is 0 Å². The van der Waals surface area contributed by atoms with Crippen molar-refractivity contribution >= 4 is 45.9 Å². The molecule has 1 aromatic heterocycles. The highest BCUT2D eigenvalue weighted by molar-refractivity contribution is 7.13. The fourth-order valence-corrected chi connectivity index (χ4v) is 4.71. The van der Waals surface area contributed by atoms with Gasteiger partial charge in [-0.1, -0.05) is 72.8 Å². The number of hydrogen-bond donors (Lipinski definition) is 2. The fraction of sp³-hybridized carbons (Fsp3) is 0.172. The van der Waals surface area contributed by atoms with Gasteiger partial charge in [-0.05, 0) is 38.9 Å². The van der Waals surface area contributed by atoms with Crippen LogP contribution < -0.4 is 5.32 Å². The molecule has 0 saturated carbocycles. The summed E-state index contributed by atoms with van der Waals surface area (Å²) in [6.07, 6.45) is -1.70. The van der Waals surface area contributed by atoms with Crippen molar-refractivity contribution in [2.45, 2.75) is 25.5 Å². The number of esters is 1. The molecule has 9 heteroatoms. The lowest BCUT2D eigenvalue weighted by Gasteiger charge is -2.16. The smallest absolute Gasteiger partial charge is 0.408 e. The van der Waals surface area contributed by atoms with Crippen molar-refractivity contribution in [2.24, 2.45) is 0 Å². The summed E-state index contributed by atoms with van der Waals surface area (Å²) in [6.45, 7) is -0.726. The van der Waals surface area contributed by atoms with Gasteiger partial charge in [-0.15, -0.1) is 11.3 Å². The largest absolute Gasteiger partial charge is 0.481 e. The third kappa shape index (κ3) is 7.04. The van der Waals surface area contributed by atoms with Gasteiger partial charge in [-0.3, -0.25) is 14.4 Å². The number of carboxylic acid groups (broad SMARTS) is 1. The van der Waals surface area contributed by atoms with Gasteiger partial charge in [-0.25, -0.2) is 4.79 Å². The minimum Gasteiger partial charge on any atom is -0.481 e. The average molecular weight is 532 g/mol. The Morgan fingerprint density at radius 1 is 0.842 bits per heavy atom. The van der Waals surface area contributed by atoms with Crippen LogP contribution in [0.15, 0.2) is 84.2 Å². The van der Waals surface area contributed by atoms with E-state index in [2.05, 4.69) is 5.32 Å². The van der Waals surface area contributed by atoms with Crippen LogP contribution in [-0.4, -0.2) is 41.6 Å². The Labute approximate surface area is 222 Å². The van der Waals surface area contributed by atoms with Crippen LogP contribution in [0.1, 0.15) is 17.5 Å². The molecule has 0 spiro atoms. The SMILES string of the molecule is O=C(O)CC(NC(=O)OCc1ccccc1)C(=O)COC(=O)Cc1ccc(-c2cccs2)c2ccccc12. The molecular weight excluding hydrogens is 506 g/mol. The zero-order chi connectivity index (χ0) is 26.9. The number of carboxylic acids is 1. The molecule has 1 amide bonds. The molecule has 1 heterocycles. The third-order valence-corrected chi connectivity index (χ3v) is 6.69. The van der Waals surface area contributed by atoms with E-state index in [1.54, 1.807) is 35.6 Å². The zero-order valence-electron chi connectivity index (χ0n) is 20.3. The maximum absolute atomic E-state index is 12.6. The van der Waals surface area contributed by atoms with Crippen molar-refractivity contribution in [2.75, 3.05) is 6.61 Å². The van der Waals surface area contributed by atoms with Crippen LogP contribution in [0.5, 0.6) is 0 Å². The number of hydrogen-bond acceptors (Lipinski definition) is 7. The van der Waals surface area contributed by atoms with Gasteiger partial charge in [0.15, 0.2) is 12.4 Å². The van der Waals surface area contributed by atoms with E-state index in [1.165, 1.54) is 0 Å². The number of ether oxygens (including phenoxy) is 2. The van der Waals surface area contributed by atoms with E-state index in [0.717, 1.165) is 32.3 Å². The van der Waals surface area contributed by atoms with E-state index in [9.17, 15) is 19.2 Å². The molecule has 0 radical (unpaired) electrons. The van der Waals surface area contributed by atoms with E-state index >= 15 is 0 Å². The Morgan fingerprint density at radius 3 is 2.29 bits per heavy atom. The van der Waals surface area contributed by atoms with Crippen LogP contribution in [-0.2, 0) is 36.9 Å². The number of carbonyl (C=O) groups excluding carboxylic acids is 3. The number of fused-ring (bicyclic) bond motifs is 1. The second-order valence-corrected chi connectivity index (χ2v) is 9.40. The van der Waals surface area contributed by atoms with Gasteiger partial charge in [0.25, 0.3) is 0 Å². The number of rotatable bonds is 11. The first-order chi connectivity index (χ1) is 18.4. The lowest BCUT2D eigenvalue weighted by Crippen LogP contribution is -2.44. The number of alkyl carbamates (subject to hydrolysis) is 1. The molecule has 3 aromatic carbocycles. The van der Waals surface area contributed by atoms with Gasteiger partial charge < -0.3 is 19.9 Å². The third-order valence-electron chi connectivity index (χ3n) is 5.78. The van der Waals surface area contributed by atoms with Crippen molar-refractivity contribution in [1.82, 2.24) is 5.32 Å². The number of ketones is 1. The molecule has 0 bridgehead atoms. The summed E-state index contributed by atoms with van der Waals surface area (Å²) in [6, 6.07) is 23.0. The Hall–Kier alpha value is -4.50. The van der Waals surface area contributed by atoms with Gasteiger partial charge in [-0.2, -0.15) is 0 Å². The van der Waals surface area contributed by atoms with Crippen molar-refractivity contribution < 1.29 is 33.8 Å². The lowest BCUT2D eigenvalue weighted by molar-refractivity contribution is -0.148. The number of amides is 1. The zero-order valence-corrected chi connectivity index (χ0v) is 21.1. The maximum Gasteiger partial charge on any atom is 0.408 e. The van der Waals surface area contributed by atoms with Crippen molar-refractivity contribution in [3.8, 4) is 10.4 Å². The Kier molecular flexibility index (Phi) is 8.84. The molecule has 4 rings (SSSR count). The first kappa shape index (κ1) is 26.6. The molecule has 0 aliphatic carbocycles. The summed E-state index contributed by atoms with van der Waals surface area (Å²) in [5, 5.41) is 15.3. The summed E-state index contributed by atoms with van der Waals surface area (Å²) < 4.78 is 10.2. The second-order valence-electron chi connectivity index (χ2n) is 8.46. The monoisotopic (exact) mass is 531 g/mol. The summed E-state index contributed by atoms with van der Waals surface area (Å²) in [7, 11) is 0. The van der Waals surface area contributed by atoms with E-state index in [1.807, 2.05) is 60.0 Å². The maximum atomic E-state index is 12.6. The molecule has 4 aromatic rings. The van der Waals surface area contributed by atoms with Gasteiger partial charge in [0.05, 0.1) is 12.8 Å². The molecular formula is C29H25NO7S. The molecule has 38 heavy (non-hydrogen) atoms. The standard InChI is InChI=1S/C29H25NO7S/c31-25(24(16-27(32)33)30-29(35)37-17-19-7-2-1-3-8-19)18-36-28(34)15-20-12-13-23(26-11-6-14-38-26)22-10-5-4-9-21(20)22/h1-14,24H,15-18H2,(H,30,35)(H,32,33). The molecule has 194 valence electrons. The van der Waals surface area contributed by atoms with Gasteiger partial charge in [0, 0.05) is 4.88 Å². The highest BCUT2D eigenvalue weighted by Crippen LogP contribution is 2.33. The summed E-state index contributed by atoms with van der Waals surface area (Å²) in [5.41, 5.74) is 2.53. The summed E-state index contributed by atoms with van der Waals surface area (Å²) >= 11 is 1.62. The first-order valence-corrected chi connectivity index (χ1v) is 12.7. The van der Waals surface area contributed by atoms with Crippen LogP contribution in [0.4, 0.5) is 4.79 Å². The van der Waals surface area contributed by atoms with Gasteiger partial charge in [0.1, 0.15) is 12.6 Å². The highest BCUT2D eigenvalue weighted by atomic mass is 32.1. The Bertz CT molecular complexity index is 1430. The van der Waals surface area contributed by atoms with Crippen LogP contribution in [0.25, 0.3) is 21.2 Å². The molecule has 1 atom stereocenters. The minimum absolute atomic E-state index is 0.0468. The molecule has 0 aliphatic heterocycles. The summed E-state index contributed by atoms with van der Waals surface area (Å²) in [4.78, 5) is 49.7. The average Bonchev–Trinajstić information content (AvgIpc) is 3.45. The van der Waals surface area contributed by atoms with Crippen molar-refractivity contribution in [1.29, 1.82) is 0 Å². The predicted molar refractivity (Wildman–Crippen MR) is 143 cm³/mol. The van der Waals surface area contributed by atoms with Gasteiger partial charge >= 0.3 is 18.0 Å². The lowest BCUT2D eigenvalue weighted by atomic mass is 9.97. The molecule has 0 fully saturated rings. The van der Waals surface area contributed by atoms with Crippen molar-refractivity contribution in [3.05, 3.63) is 95.4 Å². The second kappa shape index (κ2) is 12.6. The molecule has 8 nitrogen and oxygen atoms in total. The number of benzene rings is 3. The van der Waals surface area contributed by atoms with E-state index in [-0.39, 0.29) is 13.0 Å². The number of Topliss-reactive ketones (excluding diaryl/α,β-unsaturated/α-hetero) is 1. The normalized spacial score (nSPS) is 11.5.